The molecule has 108 valence electrons. The lowest BCUT2D eigenvalue weighted by Crippen LogP contribution is -2.36. The van der Waals surface area contributed by atoms with Crippen molar-refractivity contribution >= 4 is 33.3 Å². The molecule has 1 unspecified atom stereocenters. The van der Waals surface area contributed by atoms with Gasteiger partial charge >= 0.3 is 0 Å². The number of halogens is 1. The van der Waals surface area contributed by atoms with Crippen molar-refractivity contribution in [2.24, 2.45) is 0 Å². The van der Waals surface area contributed by atoms with Crippen LogP contribution < -0.4 is 10.0 Å². The number of aromatic nitrogens is 1. The molecule has 0 saturated carbocycles. The predicted molar refractivity (Wildman–Crippen MR) is 80.6 cm³/mol. The summed E-state index contributed by atoms with van der Waals surface area (Å²) >= 11 is 0. The van der Waals surface area contributed by atoms with Gasteiger partial charge in [0.25, 0.3) is 0 Å². The predicted octanol–water partition coefficient (Wildman–Crippen LogP) is 1.30. The largest absolute Gasteiger partial charge is 0.315 e. The molecule has 7 heteroatoms. The van der Waals surface area contributed by atoms with E-state index in [1.807, 2.05) is 12.1 Å². The van der Waals surface area contributed by atoms with Crippen molar-refractivity contribution in [1.82, 2.24) is 15.0 Å². The first-order valence-corrected chi connectivity index (χ1v) is 7.72. The highest BCUT2D eigenvalue weighted by Gasteiger charge is 2.24. The maximum absolute atomic E-state index is 12.4. The summed E-state index contributed by atoms with van der Waals surface area (Å²) in [6, 6.07) is 8.82. The first-order chi connectivity index (χ1) is 9.17. The van der Waals surface area contributed by atoms with Crippen LogP contribution in [-0.2, 0) is 10.0 Å². The van der Waals surface area contributed by atoms with E-state index in [0.29, 0.717) is 12.1 Å². The second-order valence-electron chi connectivity index (χ2n) is 4.64. The average Bonchev–Trinajstić information content (AvgIpc) is 2.90. The van der Waals surface area contributed by atoms with Crippen LogP contribution in [0.5, 0.6) is 0 Å². The Morgan fingerprint density at radius 2 is 2.05 bits per heavy atom. The minimum absolute atomic E-state index is 0. The van der Waals surface area contributed by atoms with E-state index in [2.05, 4.69) is 15.0 Å². The van der Waals surface area contributed by atoms with Crippen LogP contribution in [0.15, 0.2) is 41.4 Å². The Bertz CT molecular complexity index is 694. The van der Waals surface area contributed by atoms with E-state index in [9.17, 15) is 8.42 Å². The van der Waals surface area contributed by atoms with Crippen molar-refractivity contribution in [2.45, 2.75) is 17.4 Å². The number of fused-ring (bicyclic) bond motifs is 1. The molecule has 1 aliphatic rings. The highest BCUT2D eigenvalue weighted by Crippen LogP contribution is 2.21. The summed E-state index contributed by atoms with van der Waals surface area (Å²) in [6.07, 6.45) is 2.43. The van der Waals surface area contributed by atoms with Crippen molar-refractivity contribution in [1.29, 1.82) is 0 Å². The fourth-order valence-corrected chi connectivity index (χ4v) is 3.78. The van der Waals surface area contributed by atoms with Crippen LogP contribution in [0.4, 0.5) is 0 Å². The van der Waals surface area contributed by atoms with Crippen molar-refractivity contribution < 1.29 is 8.42 Å². The fourth-order valence-electron chi connectivity index (χ4n) is 2.33. The first-order valence-electron chi connectivity index (χ1n) is 6.24. The van der Waals surface area contributed by atoms with Gasteiger partial charge in [-0.2, -0.15) is 0 Å². The minimum atomic E-state index is -3.52. The molecule has 1 aliphatic heterocycles. The average molecular weight is 314 g/mol. The van der Waals surface area contributed by atoms with Crippen molar-refractivity contribution in [3.8, 4) is 0 Å². The Morgan fingerprint density at radius 3 is 2.80 bits per heavy atom. The molecule has 2 aromatic rings. The summed E-state index contributed by atoms with van der Waals surface area (Å²) in [6.45, 7) is 1.53. The normalized spacial score (nSPS) is 18.9. The highest BCUT2D eigenvalue weighted by molar-refractivity contribution is 7.89. The molecular weight excluding hydrogens is 298 g/mol. The fraction of sp³-hybridized carbons (Fsp3) is 0.308. The van der Waals surface area contributed by atoms with Crippen LogP contribution in [0.25, 0.3) is 10.9 Å². The third-order valence-corrected chi connectivity index (χ3v) is 4.82. The molecule has 1 aromatic carbocycles. The summed E-state index contributed by atoms with van der Waals surface area (Å²) in [7, 11) is -3.52. The maximum atomic E-state index is 12.4. The van der Waals surface area contributed by atoms with Gasteiger partial charge in [-0.3, -0.25) is 4.98 Å². The van der Waals surface area contributed by atoms with Gasteiger partial charge in [0.1, 0.15) is 4.90 Å². The molecule has 0 spiro atoms. The van der Waals surface area contributed by atoms with Crippen LogP contribution in [0.2, 0.25) is 0 Å². The Morgan fingerprint density at radius 1 is 1.25 bits per heavy atom. The third kappa shape index (κ3) is 2.93. The molecule has 1 atom stereocenters. The number of rotatable bonds is 3. The number of nitrogens with one attached hydrogen (secondary N) is 2. The molecular formula is C13H16ClN3O2S. The van der Waals surface area contributed by atoms with E-state index in [-0.39, 0.29) is 23.3 Å². The Labute approximate surface area is 124 Å². The molecule has 5 nitrogen and oxygen atoms in total. The molecule has 0 radical (unpaired) electrons. The van der Waals surface area contributed by atoms with Crippen LogP contribution in [0, 0.1) is 0 Å². The van der Waals surface area contributed by atoms with Gasteiger partial charge in [-0.05, 0) is 25.1 Å². The molecule has 0 aliphatic carbocycles. The van der Waals surface area contributed by atoms with E-state index in [1.165, 1.54) is 0 Å². The lowest BCUT2D eigenvalue weighted by molar-refractivity contribution is 0.561. The van der Waals surface area contributed by atoms with Gasteiger partial charge in [0, 0.05) is 24.2 Å². The zero-order valence-corrected chi connectivity index (χ0v) is 12.4. The Balaban J connectivity index is 0.00000147. The monoisotopic (exact) mass is 313 g/mol. The van der Waals surface area contributed by atoms with E-state index in [1.54, 1.807) is 24.4 Å². The zero-order valence-electron chi connectivity index (χ0n) is 10.7. The molecule has 2 heterocycles. The lowest BCUT2D eigenvalue weighted by atomic mass is 10.2. The number of benzene rings is 1. The second kappa shape index (κ2) is 6.05. The summed E-state index contributed by atoms with van der Waals surface area (Å²) in [5.74, 6) is 0. The molecule has 1 fully saturated rings. The quantitative estimate of drug-likeness (QED) is 0.896. The molecule has 1 aromatic heterocycles. The van der Waals surface area contributed by atoms with Crippen LogP contribution in [0.3, 0.4) is 0 Å². The molecule has 20 heavy (non-hydrogen) atoms. The lowest BCUT2D eigenvalue weighted by Gasteiger charge is -2.13. The number of nitrogens with zero attached hydrogens (tertiary/aromatic N) is 1. The van der Waals surface area contributed by atoms with Gasteiger partial charge in [-0.25, -0.2) is 13.1 Å². The van der Waals surface area contributed by atoms with E-state index in [4.69, 9.17) is 0 Å². The maximum Gasteiger partial charge on any atom is 0.243 e. The van der Waals surface area contributed by atoms with E-state index < -0.39 is 10.0 Å². The number of hydrogen-bond acceptors (Lipinski definition) is 4. The summed E-state index contributed by atoms with van der Waals surface area (Å²) in [5.41, 5.74) is 0.517. The Hall–Kier alpha value is -1.21. The third-order valence-electron chi connectivity index (χ3n) is 3.27. The van der Waals surface area contributed by atoms with Crippen molar-refractivity contribution in [3.05, 3.63) is 36.5 Å². The molecule has 3 rings (SSSR count). The number of pyridine rings is 1. The van der Waals surface area contributed by atoms with Gasteiger partial charge in [0.05, 0.1) is 5.52 Å². The molecule has 2 N–H and O–H groups in total. The van der Waals surface area contributed by atoms with Gasteiger partial charge in [0.15, 0.2) is 0 Å². The molecule has 0 amide bonds. The smallest absolute Gasteiger partial charge is 0.243 e. The number of hydrogen-bond donors (Lipinski definition) is 2. The molecule has 0 bridgehead atoms. The molecule has 1 saturated heterocycles. The van der Waals surface area contributed by atoms with Gasteiger partial charge in [-0.1, -0.05) is 18.2 Å². The summed E-state index contributed by atoms with van der Waals surface area (Å²) < 4.78 is 27.6. The van der Waals surface area contributed by atoms with Crippen LogP contribution >= 0.6 is 12.4 Å². The standard InChI is InChI=1S/C13H15N3O2S.ClH/c17-19(18,16-11-6-8-14-9-11)12-5-1-3-10-4-2-7-15-13(10)12;/h1-5,7,11,14,16H,6,8-9H2;1H. The second-order valence-corrected chi connectivity index (χ2v) is 6.32. The number of sulfonamides is 1. The zero-order chi connectivity index (χ0) is 13.3. The van der Waals surface area contributed by atoms with Gasteiger partial charge < -0.3 is 5.32 Å². The van der Waals surface area contributed by atoms with Crippen molar-refractivity contribution in [2.75, 3.05) is 13.1 Å². The van der Waals surface area contributed by atoms with E-state index in [0.717, 1.165) is 18.4 Å². The van der Waals surface area contributed by atoms with Crippen LogP contribution in [-0.4, -0.2) is 32.5 Å². The van der Waals surface area contributed by atoms with Crippen LogP contribution in [0.1, 0.15) is 6.42 Å². The number of para-hydroxylation sites is 1. The van der Waals surface area contributed by atoms with Gasteiger partial charge in [0.2, 0.25) is 10.0 Å². The first kappa shape index (κ1) is 15.2. The topological polar surface area (TPSA) is 71.1 Å². The van der Waals surface area contributed by atoms with Crippen molar-refractivity contribution in [3.63, 3.8) is 0 Å². The SMILES string of the molecule is Cl.O=S(=O)(NC1CCNC1)c1cccc2cccnc12. The summed E-state index contributed by atoms with van der Waals surface area (Å²) in [4.78, 5) is 4.43. The Kier molecular flexibility index (Phi) is 4.59. The highest BCUT2D eigenvalue weighted by atomic mass is 35.5. The van der Waals surface area contributed by atoms with E-state index >= 15 is 0 Å². The summed E-state index contributed by atoms with van der Waals surface area (Å²) in [5, 5.41) is 3.97. The minimum Gasteiger partial charge on any atom is -0.315 e. The van der Waals surface area contributed by atoms with Gasteiger partial charge in [-0.15, -0.1) is 12.4 Å².